The Labute approximate surface area is 203 Å². The van der Waals surface area contributed by atoms with E-state index in [1.807, 2.05) is 60.7 Å². The first kappa shape index (κ1) is 23.9. The van der Waals surface area contributed by atoms with Crippen LogP contribution >= 0.6 is 31.9 Å². The largest absolute Gasteiger partial charge is 0.394 e. The average Bonchev–Trinajstić information content (AvgIpc) is 2.83. The van der Waals surface area contributed by atoms with Crippen LogP contribution in [0.15, 0.2) is 95.1 Å². The van der Waals surface area contributed by atoms with Crippen LogP contribution in [0, 0.1) is 0 Å². The monoisotopic (exact) mass is 556 g/mol. The van der Waals surface area contributed by atoms with Crippen LogP contribution in [0.3, 0.4) is 0 Å². The van der Waals surface area contributed by atoms with Crippen molar-refractivity contribution in [3.8, 4) is 0 Å². The van der Waals surface area contributed by atoms with Crippen molar-refractivity contribution in [2.45, 2.75) is 12.5 Å². The van der Waals surface area contributed by atoms with Gasteiger partial charge in [-0.2, -0.15) is 0 Å². The summed E-state index contributed by atoms with van der Waals surface area (Å²) < 4.78 is 1.29. The van der Waals surface area contributed by atoms with E-state index in [-0.39, 0.29) is 12.3 Å². The topological polar surface area (TPSA) is 78.4 Å². The molecule has 1 atom stereocenters. The molecule has 0 saturated carbocycles. The SMILES string of the molecule is O=C(N[C@H](CO)Cc1ccccc1)/C(NC(=O)c1ccc(Br)cc1)=C(/Br)c1ccccc1. The number of halogens is 2. The number of carbonyl (C=O) groups is 2. The van der Waals surface area contributed by atoms with Gasteiger partial charge in [0, 0.05) is 10.0 Å². The molecule has 5 nitrogen and oxygen atoms in total. The van der Waals surface area contributed by atoms with Gasteiger partial charge in [0.1, 0.15) is 5.70 Å². The predicted octanol–water partition coefficient (Wildman–Crippen LogP) is 4.66. The minimum absolute atomic E-state index is 0.0654. The van der Waals surface area contributed by atoms with Crippen molar-refractivity contribution in [1.82, 2.24) is 10.6 Å². The van der Waals surface area contributed by atoms with Crippen molar-refractivity contribution >= 4 is 48.2 Å². The van der Waals surface area contributed by atoms with E-state index in [1.54, 1.807) is 24.3 Å². The molecule has 164 valence electrons. The van der Waals surface area contributed by atoms with Gasteiger partial charge in [-0.1, -0.05) is 76.6 Å². The summed E-state index contributed by atoms with van der Waals surface area (Å²) in [6.07, 6.45) is 0.458. The van der Waals surface area contributed by atoms with E-state index in [4.69, 9.17) is 0 Å². The lowest BCUT2D eigenvalue weighted by molar-refractivity contribution is -0.118. The maximum Gasteiger partial charge on any atom is 0.269 e. The molecule has 3 N–H and O–H groups in total. The van der Waals surface area contributed by atoms with Crippen LogP contribution in [-0.2, 0) is 11.2 Å². The van der Waals surface area contributed by atoms with Crippen molar-refractivity contribution in [3.63, 3.8) is 0 Å². The quantitative estimate of drug-likeness (QED) is 0.352. The molecule has 0 fully saturated rings. The van der Waals surface area contributed by atoms with Crippen LogP contribution in [-0.4, -0.2) is 29.6 Å². The zero-order valence-electron chi connectivity index (χ0n) is 17.1. The Hall–Kier alpha value is -2.74. The minimum Gasteiger partial charge on any atom is -0.394 e. The van der Waals surface area contributed by atoms with Gasteiger partial charge >= 0.3 is 0 Å². The first-order valence-electron chi connectivity index (χ1n) is 9.95. The van der Waals surface area contributed by atoms with Crippen LogP contribution in [0.1, 0.15) is 21.5 Å². The summed E-state index contributed by atoms with van der Waals surface area (Å²) in [5, 5.41) is 15.4. The van der Waals surface area contributed by atoms with Gasteiger partial charge in [-0.25, -0.2) is 0 Å². The number of nitrogens with one attached hydrogen (secondary N) is 2. The summed E-state index contributed by atoms with van der Waals surface area (Å²) in [5.41, 5.74) is 2.20. The van der Waals surface area contributed by atoms with E-state index in [0.717, 1.165) is 15.6 Å². The summed E-state index contributed by atoms with van der Waals surface area (Å²) in [5.74, 6) is -0.916. The maximum absolute atomic E-state index is 13.2. The zero-order chi connectivity index (χ0) is 22.9. The van der Waals surface area contributed by atoms with E-state index in [0.29, 0.717) is 16.5 Å². The third kappa shape index (κ3) is 6.63. The number of hydrogen-bond acceptors (Lipinski definition) is 3. The first-order valence-corrected chi connectivity index (χ1v) is 11.5. The van der Waals surface area contributed by atoms with Gasteiger partial charge in [-0.3, -0.25) is 9.59 Å². The van der Waals surface area contributed by atoms with Gasteiger partial charge in [-0.15, -0.1) is 0 Å². The molecule has 2 amide bonds. The van der Waals surface area contributed by atoms with Gasteiger partial charge in [0.15, 0.2) is 0 Å². The van der Waals surface area contributed by atoms with Crippen LogP contribution in [0.2, 0.25) is 0 Å². The third-order valence-electron chi connectivity index (χ3n) is 4.70. The second-order valence-corrected chi connectivity index (χ2v) is 8.77. The van der Waals surface area contributed by atoms with Crippen LogP contribution in [0.4, 0.5) is 0 Å². The van der Waals surface area contributed by atoms with E-state index in [1.165, 1.54) is 0 Å². The number of rotatable bonds is 8. The van der Waals surface area contributed by atoms with Crippen molar-refractivity contribution < 1.29 is 14.7 Å². The van der Waals surface area contributed by atoms with Gasteiger partial charge in [0.25, 0.3) is 11.8 Å². The molecule has 32 heavy (non-hydrogen) atoms. The lowest BCUT2D eigenvalue weighted by atomic mass is 10.1. The summed E-state index contributed by atoms with van der Waals surface area (Å²) in [6, 6.07) is 25.1. The lowest BCUT2D eigenvalue weighted by Gasteiger charge is -2.19. The Morgan fingerprint density at radius 3 is 2.03 bits per heavy atom. The van der Waals surface area contributed by atoms with E-state index < -0.39 is 17.9 Å². The van der Waals surface area contributed by atoms with E-state index in [2.05, 4.69) is 42.5 Å². The fourth-order valence-corrected chi connectivity index (χ4v) is 3.85. The number of amides is 2. The number of benzene rings is 3. The molecule has 0 radical (unpaired) electrons. The van der Waals surface area contributed by atoms with Crippen LogP contribution in [0.25, 0.3) is 4.48 Å². The summed E-state index contributed by atoms with van der Waals surface area (Å²) in [6.45, 7) is -0.239. The Balaban J connectivity index is 1.86. The van der Waals surface area contributed by atoms with Crippen molar-refractivity contribution in [1.29, 1.82) is 0 Å². The summed E-state index contributed by atoms with van der Waals surface area (Å²) in [4.78, 5) is 26.0. The fourth-order valence-electron chi connectivity index (χ4n) is 3.04. The number of hydrogen-bond donors (Lipinski definition) is 3. The van der Waals surface area contributed by atoms with Gasteiger partial charge < -0.3 is 15.7 Å². The Morgan fingerprint density at radius 1 is 0.844 bits per heavy atom. The molecule has 0 unspecified atom stereocenters. The Kier molecular flexibility index (Phi) is 8.79. The molecular weight excluding hydrogens is 536 g/mol. The molecule has 0 aliphatic heterocycles. The molecule has 0 aromatic heterocycles. The highest BCUT2D eigenvalue weighted by Crippen LogP contribution is 2.24. The van der Waals surface area contributed by atoms with Gasteiger partial charge in [-0.05, 0) is 57.7 Å². The summed E-state index contributed by atoms with van der Waals surface area (Å²) >= 11 is 6.83. The second kappa shape index (κ2) is 11.8. The van der Waals surface area contributed by atoms with Gasteiger partial charge in [0.2, 0.25) is 0 Å². The van der Waals surface area contributed by atoms with Crippen molar-refractivity contribution in [3.05, 3.63) is 112 Å². The highest BCUT2D eigenvalue weighted by atomic mass is 79.9. The molecular formula is C25H22Br2N2O3. The Bertz CT molecular complexity index is 1090. The highest BCUT2D eigenvalue weighted by molar-refractivity contribution is 9.15. The second-order valence-electron chi connectivity index (χ2n) is 7.06. The molecule has 7 heteroatoms. The highest BCUT2D eigenvalue weighted by Gasteiger charge is 2.22. The third-order valence-corrected chi connectivity index (χ3v) is 6.08. The standard InChI is InChI=1S/C25H22Br2N2O3/c26-20-13-11-19(12-14-20)24(31)29-23(22(27)18-9-5-2-6-10-18)25(32)28-21(16-30)15-17-7-3-1-4-8-17/h1-14,21,30H,15-16H2,(H,28,32)(H,29,31)/b23-22-/t21-/m0/s1. The average molecular weight is 558 g/mol. The minimum atomic E-state index is -0.513. The zero-order valence-corrected chi connectivity index (χ0v) is 20.3. The first-order chi connectivity index (χ1) is 15.5. The fraction of sp³-hybridized carbons (Fsp3) is 0.120. The smallest absolute Gasteiger partial charge is 0.269 e. The molecule has 0 bridgehead atoms. The van der Waals surface area contributed by atoms with Crippen LogP contribution < -0.4 is 10.6 Å². The van der Waals surface area contributed by atoms with Crippen molar-refractivity contribution in [2.75, 3.05) is 6.61 Å². The van der Waals surface area contributed by atoms with E-state index >= 15 is 0 Å². The van der Waals surface area contributed by atoms with E-state index in [9.17, 15) is 14.7 Å². The molecule has 0 aliphatic carbocycles. The molecule has 3 rings (SSSR count). The lowest BCUT2D eigenvalue weighted by Crippen LogP contribution is -2.43. The Morgan fingerprint density at radius 2 is 1.44 bits per heavy atom. The molecule has 0 aliphatic rings. The normalized spacial score (nSPS) is 12.5. The molecule has 0 saturated heterocycles. The molecule has 0 spiro atoms. The summed E-state index contributed by atoms with van der Waals surface area (Å²) in [7, 11) is 0. The maximum atomic E-state index is 13.2. The molecule has 3 aromatic carbocycles. The predicted molar refractivity (Wildman–Crippen MR) is 133 cm³/mol. The molecule has 3 aromatic rings. The van der Waals surface area contributed by atoms with Crippen LogP contribution in [0.5, 0.6) is 0 Å². The van der Waals surface area contributed by atoms with Crippen molar-refractivity contribution in [2.24, 2.45) is 0 Å². The van der Waals surface area contributed by atoms with Gasteiger partial charge in [0.05, 0.1) is 17.1 Å². The number of carbonyl (C=O) groups excluding carboxylic acids is 2. The number of aliphatic hydroxyl groups is 1. The number of aliphatic hydroxyl groups excluding tert-OH is 1. The molecule has 0 heterocycles.